The third kappa shape index (κ3) is 6.42. The summed E-state index contributed by atoms with van der Waals surface area (Å²) in [7, 11) is 1.74. The summed E-state index contributed by atoms with van der Waals surface area (Å²) in [5.41, 5.74) is 0.168. The summed E-state index contributed by atoms with van der Waals surface area (Å²) in [4.78, 5) is 0. The SMILES string of the molecule is COC(C)CCc1nnc(CCNC(C)(C)C)s1. The Morgan fingerprint density at radius 2 is 1.83 bits per heavy atom. The van der Waals surface area contributed by atoms with Crippen molar-refractivity contribution in [1.29, 1.82) is 0 Å². The molecule has 0 saturated carbocycles. The molecule has 1 aromatic heterocycles. The maximum Gasteiger partial charge on any atom is 0.118 e. The number of hydrogen-bond donors (Lipinski definition) is 1. The van der Waals surface area contributed by atoms with E-state index in [-0.39, 0.29) is 5.54 Å². The van der Waals surface area contributed by atoms with Crippen molar-refractivity contribution in [1.82, 2.24) is 15.5 Å². The quantitative estimate of drug-likeness (QED) is 0.827. The molecular weight excluding hydrogens is 246 g/mol. The van der Waals surface area contributed by atoms with Gasteiger partial charge in [-0.15, -0.1) is 21.5 Å². The average molecular weight is 271 g/mol. The predicted molar refractivity (Wildman–Crippen MR) is 76.2 cm³/mol. The second kappa shape index (κ2) is 7.16. The molecule has 0 radical (unpaired) electrons. The minimum Gasteiger partial charge on any atom is -0.382 e. The first-order valence-corrected chi connectivity index (χ1v) is 7.31. The fraction of sp³-hybridized carbons (Fsp3) is 0.846. The van der Waals surface area contributed by atoms with Gasteiger partial charge in [-0.05, 0) is 34.1 Å². The Balaban J connectivity index is 2.30. The first-order chi connectivity index (χ1) is 8.40. The summed E-state index contributed by atoms with van der Waals surface area (Å²) in [5.74, 6) is 0. The molecule has 1 atom stereocenters. The van der Waals surface area contributed by atoms with Crippen LogP contribution >= 0.6 is 11.3 Å². The Hall–Kier alpha value is -0.520. The van der Waals surface area contributed by atoms with Crippen LogP contribution in [0.5, 0.6) is 0 Å². The largest absolute Gasteiger partial charge is 0.382 e. The van der Waals surface area contributed by atoms with Crippen LogP contribution in [0.3, 0.4) is 0 Å². The number of rotatable bonds is 7. The molecular formula is C13H25N3OS. The van der Waals surface area contributed by atoms with Crippen molar-refractivity contribution < 1.29 is 4.74 Å². The van der Waals surface area contributed by atoms with Crippen LogP contribution in [0, 0.1) is 0 Å². The number of ether oxygens (including phenoxy) is 1. The Morgan fingerprint density at radius 3 is 2.39 bits per heavy atom. The highest BCUT2D eigenvalue weighted by Crippen LogP contribution is 2.13. The van der Waals surface area contributed by atoms with Crippen LogP contribution < -0.4 is 5.32 Å². The van der Waals surface area contributed by atoms with Gasteiger partial charge in [0.05, 0.1) is 6.10 Å². The van der Waals surface area contributed by atoms with E-state index in [0.29, 0.717) is 6.10 Å². The molecule has 0 bridgehead atoms. The molecule has 4 nitrogen and oxygen atoms in total. The first-order valence-electron chi connectivity index (χ1n) is 6.50. The molecule has 0 fully saturated rings. The van der Waals surface area contributed by atoms with E-state index in [1.807, 2.05) is 0 Å². The van der Waals surface area contributed by atoms with E-state index in [9.17, 15) is 0 Å². The summed E-state index contributed by atoms with van der Waals surface area (Å²) in [5, 5.41) is 14.1. The third-order valence-corrected chi connectivity index (χ3v) is 3.71. The van der Waals surface area contributed by atoms with Gasteiger partial charge in [0.2, 0.25) is 0 Å². The average Bonchev–Trinajstić information content (AvgIpc) is 2.72. The number of nitrogens with zero attached hydrogens (tertiary/aromatic N) is 2. The van der Waals surface area contributed by atoms with Crippen LogP contribution in [-0.4, -0.2) is 35.5 Å². The number of aromatic nitrogens is 2. The smallest absolute Gasteiger partial charge is 0.118 e. The Kier molecular flexibility index (Phi) is 6.18. The van der Waals surface area contributed by atoms with Crippen molar-refractivity contribution in [3.05, 3.63) is 10.0 Å². The van der Waals surface area contributed by atoms with Crippen molar-refractivity contribution in [2.75, 3.05) is 13.7 Å². The van der Waals surface area contributed by atoms with Crippen LogP contribution in [0.1, 0.15) is 44.1 Å². The standard InChI is InChI=1S/C13H25N3OS/c1-10(17-5)6-7-11-15-16-12(18-11)8-9-14-13(2,3)4/h10,14H,6-9H2,1-5H3. The number of aryl methyl sites for hydroxylation is 1. The van der Waals surface area contributed by atoms with E-state index in [1.54, 1.807) is 18.4 Å². The zero-order chi connectivity index (χ0) is 13.6. The van der Waals surface area contributed by atoms with Crippen LogP contribution in [0.25, 0.3) is 0 Å². The van der Waals surface area contributed by atoms with Gasteiger partial charge in [-0.2, -0.15) is 0 Å². The Labute approximate surface area is 114 Å². The van der Waals surface area contributed by atoms with Gasteiger partial charge >= 0.3 is 0 Å². The van der Waals surface area contributed by atoms with Crippen molar-refractivity contribution in [3.63, 3.8) is 0 Å². The molecule has 0 aliphatic rings. The van der Waals surface area contributed by atoms with E-state index in [4.69, 9.17) is 4.74 Å². The van der Waals surface area contributed by atoms with E-state index >= 15 is 0 Å². The second-order valence-corrected chi connectivity index (χ2v) is 6.75. The lowest BCUT2D eigenvalue weighted by Gasteiger charge is -2.19. The summed E-state index contributed by atoms with van der Waals surface area (Å²) in [6, 6.07) is 0. The summed E-state index contributed by atoms with van der Waals surface area (Å²) < 4.78 is 5.23. The number of hydrogen-bond acceptors (Lipinski definition) is 5. The summed E-state index contributed by atoms with van der Waals surface area (Å²) in [6.45, 7) is 9.54. The molecule has 5 heteroatoms. The molecule has 1 aromatic rings. The molecule has 0 spiro atoms. The van der Waals surface area contributed by atoms with E-state index in [0.717, 1.165) is 35.8 Å². The molecule has 0 amide bonds. The van der Waals surface area contributed by atoms with Crippen molar-refractivity contribution in [2.45, 2.75) is 58.6 Å². The molecule has 0 aliphatic carbocycles. The zero-order valence-electron chi connectivity index (χ0n) is 12.1. The van der Waals surface area contributed by atoms with E-state index < -0.39 is 0 Å². The molecule has 18 heavy (non-hydrogen) atoms. The maximum absolute atomic E-state index is 5.23. The first kappa shape index (κ1) is 15.5. The molecule has 0 aliphatic heterocycles. The molecule has 0 aromatic carbocycles. The highest BCUT2D eigenvalue weighted by Gasteiger charge is 2.10. The van der Waals surface area contributed by atoms with Gasteiger partial charge in [-0.25, -0.2) is 0 Å². The predicted octanol–water partition coefficient (Wildman–Crippen LogP) is 2.44. The zero-order valence-corrected chi connectivity index (χ0v) is 12.9. The fourth-order valence-corrected chi connectivity index (χ4v) is 2.34. The van der Waals surface area contributed by atoms with Gasteiger partial charge in [0.15, 0.2) is 0 Å². The number of methoxy groups -OCH3 is 1. The van der Waals surface area contributed by atoms with Gasteiger partial charge < -0.3 is 10.1 Å². The molecule has 0 saturated heterocycles. The second-order valence-electron chi connectivity index (χ2n) is 5.60. The van der Waals surface area contributed by atoms with Crippen LogP contribution in [0.4, 0.5) is 0 Å². The fourth-order valence-electron chi connectivity index (χ4n) is 1.48. The minimum atomic E-state index is 0.168. The minimum absolute atomic E-state index is 0.168. The van der Waals surface area contributed by atoms with Crippen molar-refractivity contribution in [2.24, 2.45) is 0 Å². The van der Waals surface area contributed by atoms with Crippen LogP contribution in [0.2, 0.25) is 0 Å². The molecule has 1 heterocycles. The maximum atomic E-state index is 5.23. The van der Waals surface area contributed by atoms with Crippen LogP contribution in [-0.2, 0) is 17.6 Å². The lowest BCUT2D eigenvalue weighted by molar-refractivity contribution is 0.111. The lowest BCUT2D eigenvalue weighted by Crippen LogP contribution is -2.37. The lowest BCUT2D eigenvalue weighted by atomic mass is 10.1. The normalized spacial score (nSPS) is 13.8. The topological polar surface area (TPSA) is 47.0 Å². The summed E-state index contributed by atoms with van der Waals surface area (Å²) >= 11 is 1.72. The van der Waals surface area contributed by atoms with E-state index in [1.165, 1.54) is 0 Å². The highest BCUT2D eigenvalue weighted by atomic mass is 32.1. The molecule has 1 unspecified atom stereocenters. The number of nitrogens with one attached hydrogen (secondary N) is 1. The van der Waals surface area contributed by atoms with E-state index in [2.05, 4.69) is 43.2 Å². The van der Waals surface area contributed by atoms with Gasteiger partial charge in [-0.1, -0.05) is 0 Å². The molecule has 104 valence electrons. The van der Waals surface area contributed by atoms with Crippen molar-refractivity contribution in [3.8, 4) is 0 Å². The highest BCUT2D eigenvalue weighted by molar-refractivity contribution is 7.11. The van der Waals surface area contributed by atoms with Crippen molar-refractivity contribution >= 4 is 11.3 Å². The third-order valence-electron chi connectivity index (χ3n) is 2.67. The monoisotopic (exact) mass is 271 g/mol. The van der Waals surface area contributed by atoms with Crippen LogP contribution in [0.15, 0.2) is 0 Å². The van der Waals surface area contributed by atoms with Gasteiger partial charge in [-0.3, -0.25) is 0 Å². The molecule has 1 rings (SSSR count). The Bertz CT molecular complexity index is 346. The molecule has 1 N–H and O–H groups in total. The summed E-state index contributed by atoms with van der Waals surface area (Å²) in [6.07, 6.45) is 3.21. The Morgan fingerprint density at radius 1 is 1.22 bits per heavy atom. The van der Waals surface area contributed by atoms with Gasteiger partial charge in [0.1, 0.15) is 10.0 Å². The van der Waals surface area contributed by atoms with Gasteiger partial charge in [0, 0.05) is 32.0 Å². The van der Waals surface area contributed by atoms with Gasteiger partial charge in [0.25, 0.3) is 0 Å².